The summed E-state index contributed by atoms with van der Waals surface area (Å²) >= 11 is 0. The summed E-state index contributed by atoms with van der Waals surface area (Å²) in [6.07, 6.45) is -7.00. The molecule has 0 amide bonds. The highest BCUT2D eigenvalue weighted by Gasteiger charge is 2.38. The fraction of sp³-hybridized carbons (Fsp3) is 0.650. The molecule has 1 aliphatic carbocycles. The third-order valence-corrected chi connectivity index (χ3v) is 4.41. The maximum Gasteiger partial charge on any atom is 0.490 e. The van der Waals surface area contributed by atoms with Gasteiger partial charge in [-0.15, -0.1) is 0 Å². The van der Waals surface area contributed by atoms with E-state index in [-0.39, 0.29) is 5.56 Å². The van der Waals surface area contributed by atoms with Crippen LogP contribution in [0.2, 0.25) is 0 Å². The molecule has 1 heterocycles. The highest BCUT2D eigenvalue weighted by Crippen LogP contribution is 2.20. The van der Waals surface area contributed by atoms with Crippen LogP contribution in [-0.4, -0.2) is 76.7 Å². The average molecular weight is 505 g/mol. The van der Waals surface area contributed by atoms with Crippen molar-refractivity contribution in [3.8, 4) is 0 Å². The number of nitrogens with zero attached hydrogens (tertiary/aromatic N) is 2. The Morgan fingerprint density at radius 3 is 1.94 bits per heavy atom. The van der Waals surface area contributed by atoms with E-state index < -0.39 is 24.3 Å². The molecule has 0 bridgehead atoms. The molecule has 0 radical (unpaired) electrons. The molecule has 1 aliphatic rings. The zero-order valence-corrected chi connectivity index (χ0v) is 19.1. The number of likely N-dealkylation sites (N-methyl/N-ethyl adjacent to an activating group) is 1. The van der Waals surface area contributed by atoms with Crippen molar-refractivity contribution in [2.45, 2.75) is 64.1 Å². The monoisotopic (exact) mass is 505 g/mol. The normalized spacial score (nSPS) is 15.6. The summed E-state index contributed by atoms with van der Waals surface area (Å²) in [6.45, 7) is 6.07. The molecule has 0 aromatic carbocycles. The van der Waals surface area contributed by atoms with Crippen LogP contribution in [0.4, 0.5) is 26.3 Å². The van der Waals surface area contributed by atoms with Crippen LogP contribution < -0.4 is 10.9 Å². The third kappa shape index (κ3) is 12.0. The lowest BCUT2D eigenvalue weighted by molar-refractivity contribution is -0.193. The quantitative estimate of drug-likeness (QED) is 0.528. The zero-order chi connectivity index (χ0) is 26.9. The number of aromatic nitrogens is 1. The average Bonchev–Trinajstić information content (AvgIpc) is 2.66. The third-order valence-electron chi connectivity index (χ3n) is 4.41. The summed E-state index contributed by atoms with van der Waals surface area (Å²) in [5.41, 5.74) is 2.73. The number of hydrogen-bond acceptors (Lipinski definition) is 5. The van der Waals surface area contributed by atoms with E-state index in [2.05, 4.69) is 24.1 Å². The fourth-order valence-electron chi connectivity index (χ4n) is 2.98. The molecule has 0 fully saturated rings. The number of alkyl halides is 6. The van der Waals surface area contributed by atoms with Crippen LogP contribution in [0.25, 0.3) is 0 Å². The molecule has 0 saturated carbocycles. The summed E-state index contributed by atoms with van der Waals surface area (Å²) in [6, 6.07) is 4.81. The molecule has 0 saturated heterocycles. The van der Waals surface area contributed by atoms with Gasteiger partial charge in [0.05, 0.1) is 0 Å². The van der Waals surface area contributed by atoms with Crippen LogP contribution in [-0.2, 0) is 29.0 Å². The first-order valence-corrected chi connectivity index (χ1v) is 10.1. The molecule has 1 unspecified atom stereocenters. The van der Waals surface area contributed by atoms with Gasteiger partial charge in [0.2, 0.25) is 0 Å². The van der Waals surface area contributed by atoms with E-state index in [9.17, 15) is 31.1 Å². The van der Waals surface area contributed by atoms with Crippen molar-refractivity contribution in [3.05, 3.63) is 33.7 Å². The molecule has 0 aliphatic heterocycles. The van der Waals surface area contributed by atoms with Gasteiger partial charge in [-0.1, -0.05) is 19.9 Å². The summed E-state index contributed by atoms with van der Waals surface area (Å²) in [5, 5.41) is 17.9. The number of aliphatic carboxylic acids is 2. The van der Waals surface area contributed by atoms with Crippen LogP contribution in [0.5, 0.6) is 0 Å². The van der Waals surface area contributed by atoms with Crippen LogP contribution in [0.1, 0.15) is 31.5 Å². The van der Waals surface area contributed by atoms with Gasteiger partial charge in [0, 0.05) is 36.9 Å². The predicted octanol–water partition coefficient (Wildman–Crippen LogP) is 2.53. The summed E-state index contributed by atoms with van der Waals surface area (Å²) in [4.78, 5) is 32.0. The number of carboxylic acids is 2. The first-order chi connectivity index (χ1) is 15.4. The van der Waals surface area contributed by atoms with Gasteiger partial charge in [-0.2, -0.15) is 26.3 Å². The molecular formula is C20H29F6N3O5. The van der Waals surface area contributed by atoms with Gasteiger partial charge in [-0.05, 0) is 38.9 Å². The fourth-order valence-corrected chi connectivity index (χ4v) is 2.98. The Morgan fingerprint density at radius 1 is 1.09 bits per heavy atom. The van der Waals surface area contributed by atoms with E-state index in [4.69, 9.17) is 19.8 Å². The van der Waals surface area contributed by atoms with Crippen LogP contribution in [0.3, 0.4) is 0 Å². The number of hydrogen-bond donors (Lipinski definition) is 3. The smallest absolute Gasteiger partial charge is 0.475 e. The second-order valence-electron chi connectivity index (χ2n) is 7.97. The molecule has 3 N–H and O–H groups in total. The Balaban J connectivity index is 0.000000642. The van der Waals surface area contributed by atoms with Crippen molar-refractivity contribution in [3.63, 3.8) is 0 Å². The van der Waals surface area contributed by atoms with Crippen LogP contribution >= 0.6 is 0 Å². The summed E-state index contributed by atoms with van der Waals surface area (Å²) in [5.74, 6) is -5.51. The number of carboxylic acid groups (broad SMARTS) is 2. The van der Waals surface area contributed by atoms with Gasteiger partial charge in [-0.3, -0.25) is 4.79 Å². The lowest BCUT2D eigenvalue weighted by Gasteiger charge is -2.29. The Bertz CT molecular complexity index is 842. The summed E-state index contributed by atoms with van der Waals surface area (Å²) in [7, 11) is 4.09. The number of pyridine rings is 1. The van der Waals surface area contributed by atoms with Gasteiger partial charge >= 0.3 is 24.3 Å². The van der Waals surface area contributed by atoms with Crippen LogP contribution in [0.15, 0.2) is 16.9 Å². The molecular weight excluding hydrogens is 476 g/mol. The van der Waals surface area contributed by atoms with Crippen molar-refractivity contribution in [2.75, 3.05) is 20.6 Å². The predicted molar refractivity (Wildman–Crippen MR) is 111 cm³/mol. The number of rotatable bonds is 5. The Morgan fingerprint density at radius 2 is 1.56 bits per heavy atom. The second kappa shape index (κ2) is 13.3. The van der Waals surface area contributed by atoms with Gasteiger partial charge in [0.15, 0.2) is 0 Å². The molecule has 1 aromatic rings. The van der Waals surface area contributed by atoms with Crippen molar-refractivity contribution in [1.82, 2.24) is 14.8 Å². The van der Waals surface area contributed by atoms with E-state index in [0.717, 1.165) is 32.4 Å². The molecule has 1 aromatic heterocycles. The minimum absolute atomic E-state index is 0.140. The number of halogens is 6. The topological polar surface area (TPSA) is 112 Å². The van der Waals surface area contributed by atoms with Crippen molar-refractivity contribution >= 4 is 11.9 Å². The molecule has 2 rings (SSSR count). The van der Waals surface area contributed by atoms with E-state index in [1.165, 1.54) is 11.3 Å². The minimum Gasteiger partial charge on any atom is -0.475 e. The first kappa shape index (κ1) is 31.4. The molecule has 14 heteroatoms. The molecule has 1 atom stereocenters. The number of fused-ring (bicyclic) bond motifs is 1. The van der Waals surface area contributed by atoms with E-state index in [1.807, 2.05) is 24.7 Å². The highest BCUT2D eigenvalue weighted by molar-refractivity contribution is 5.73. The van der Waals surface area contributed by atoms with Crippen molar-refractivity contribution in [2.24, 2.45) is 0 Å². The second-order valence-corrected chi connectivity index (χ2v) is 7.97. The van der Waals surface area contributed by atoms with Gasteiger partial charge < -0.3 is 25.0 Å². The maximum atomic E-state index is 12.1. The standard InChI is InChI=1S/C16H27N3O.2C2HF3O2/c1-12(2)17-14-6-7-15-13(11-14)5-8-16(20)19(15)10-9-18(3)4;2*3-2(4,5)1(6)7/h5,8,12,14,17H,6-7,9-11H2,1-4H3;2*(H,6,7). The van der Waals surface area contributed by atoms with Gasteiger partial charge in [-0.25, -0.2) is 9.59 Å². The Kier molecular flexibility index (Phi) is 12.3. The van der Waals surface area contributed by atoms with Gasteiger partial charge in [0.25, 0.3) is 5.56 Å². The minimum atomic E-state index is -5.08. The summed E-state index contributed by atoms with van der Waals surface area (Å²) < 4.78 is 65.4. The van der Waals surface area contributed by atoms with Crippen LogP contribution in [0, 0.1) is 0 Å². The lowest BCUT2D eigenvalue weighted by atomic mass is 9.91. The molecule has 34 heavy (non-hydrogen) atoms. The van der Waals surface area contributed by atoms with E-state index in [0.29, 0.717) is 12.1 Å². The number of nitrogens with one attached hydrogen (secondary N) is 1. The largest absolute Gasteiger partial charge is 0.490 e. The zero-order valence-electron chi connectivity index (χ0n) is 19.1. The molecule has 8 nitrogen and oxygen atoms in total. The molecule has 196 valence electrons. The molecule has 0 spiro atoms. The Labute approximate surface area is 192 Å². The van der Waals surface area contributed by atoms with Gasteiger partial charge in [0.1, 0.15) is 0 Å². The Hall–Kier alpha value is -2.61. The van der Waals surface area contributed by atoms with E-state index in [1.54, 1.807) is 6.07 Å². The lowest BCUT2D eigenvalue weighted by Crippen LogP contribution is -2.41. The number of carbonyl (C=O) groups is 2. The van der Waals surface area contributed by atoms with Crippen molar-refractivity contribution in [1.29, 1.82) is 0 Å². The van der Waals surface area contributed by atoms with E-state index >= 15 is 0 Å². The highest BCUT2D eigenvalue weighted by atomic mass is 19.4. The first-order valence-electron chi connectivity index (χ1n) is 10.1. The van der Waals surface area contributed by atoms with Crippen molar-refractivity contribution < 1.29 is 46.1 Å². The SMILES string of the molecule is CC(C)NC1CCc2c(ccc(=O)n2CCN(C)C)C1.O=C(O)C(F)(F)F.O=C(O)C(F)(F)F. The maximum absolute atomic E-state index is 12.1.